The third-order valence-electron chi connectivity index (χ3n) is 5.43. The van der Waals surface area contributed by atoms with Crippen molar-refractivity contribution in [3.8, 4) is 11.4 Å². The van der Waals surface area contributed by atoms with Crippen molar-refractivity contribution < 1.29 is 27.8 Å². The van der Waals surface area contributed by atoms with Crippen LogP contribution in [-0.4, -0.2) is 20.9 Å². The molecule has 3 aromatic rings. The number of alkyl halides is 3. The van der Waals surface area contributed by atoms with Gasteiger partial charge in [-0.05, 0) is 81.6 Å². The van der Waals surface area contributed by atoms with Gasteiger partial charge in [0.05, 0.1) is 16.9 Å². The lowest BCUT2D eigenvalue weighted by atomic mass is 10.0. The first-order valence-electron chi connectivity index (χ1n) is 10.2. The Morgan fingerprint density at radius 3 is 2.34 bits per heavy atom. The number of hydrogen-bond donors (Lipinski definition) is 1. The van der Waals surface area contributed by atoms with E-state index in [-0.39, 0.29) is 12.5 Å². The summed E-state index contributed by atoms with van der Waals surface area (Å²) < 4.78 is 46.3. The molecule has 0 spiro atoms. The number of carboxylic acid groups (broad SMARTS) is 1. The first kappa shape index (κ1) is 23.4. The maximum absolute atomic E-state index is 12.8. The summed E-state index contributed by atoms with van der Waals surface area (Å²) in [6.07, 6.45) is -4.21. The van der Waals surface area contributed by atoms with E-state index in [0.717, 1.165) is 40.2 Å². The van der Waals surface area contributed by atoms with Gasteiger partial charge in [0.1, 0.15) is 11.9 Å². The van der Waals surface area contributed by atoms with E-state index >= 15 is 0 Å². The zero-order chi connectivity index (χ0) is 23.6. The summed E-state index contributed by atoms with van der Waals surface area (Å²) in [5, 5.41) is 13.4. The average molecular weight is 446 g/mol. The Kier molecular flexibility index (Phi) is 6.62. The molecule has 0 aliphatic heterocycles. The van der Waals surface area contributed by atoms with E-state index in [4.69, 9.17) is 9.84 Å². The lowest BCUT2D eigenvalue weighted by Crippen LogP contribution is -2.08. The maximum atomic E-state index is 12.8. The normalized spacial score (nSPS) is 12.6. The van der Waals surface area contributed by atoms with Gasteiger partial charge in [0.15, 0.2) is 0 Å². The van der Waals surface area contributed by atoms with Gasteiger partial charge in [-0.3, -0.25) is 4.79 Å². The average Bonchev–Trinajstić information content (AvgIpc) is 3.00. The molecule has 0 bridgehead atoms. The minimum atomic E-state index is -4.39. The Morgan fingerprint density at radius 1 is 1.12 bits per heavy atom. The van der Waals surface area contributed by atoms with Crippen molar-refractivity contribution in [3.05, 3.63) is 76.1 Å². The smallest absolute Gasteiger partial charge is 0.416 e. The van der Waals surface area contributed by atoms with Crippen LogP contribution >= 0.6 is 0 Å². The molecule has 1 atom stereocenters. The van der Waals surface area contributed by atoms with Gasteiger partial charge in [0.2, 0.25) is 0 Å². The van der Waals surface area contributed by atoms with E-state index in [1.165, 1.54) is 12.1 Å². The molecule has 8 heteroatoms. The van der Waals surface area contributed by atoms with Crippen LogP contribution in [0.15, 0.2) is 42.5 Å². The zero-order valence-electron chi connectivity index (χ0n) is 18.3. The first-order chi connectivity index (χ1) is 15.0. The minimum absolute atomic E-state index is 0.0684. The van der Waals surface area contributed by atoms with E-state index in [1.54, 1.807) is 4.68 Å². The second-order valence-corrected chi connectivity index (χ2v) is 7.78. The summed E-state index contributed by atoms with van der Waals surface area (Å²) >= 11 is 0. The number of nitrogens with zero attached hydrogens (tertiary/aromatic N) is 2. The topological polar surface area (TPSA) is 64.4 Å². The zero-order valence-corrected chi connectivity index (χ0v) is 18.3. The second kappa shape index (κ2) is 9.06. The number of carbonyl (C=O) groups is 1. The number of benzene rings is 2. The van der Waals surface area contributed by atoms with E-state index in [1.807, 2.05) is 45.9 Å². The molecule has 0 fully saturated rings. The molecule has 1 unspecified atom stereocenters. The van der Waals surface area contributed by atoms with Crippen LogP contribution in [0.25, 0.3) is 5.69 Å². The van der Waals surface area contributed by atoms with Gasteiger partial charge >= 0.3 is 12.1 Å². The maximum Gasteiger partial charge on any atom is 0.416 e. The van der Waals surface area contributed by atoms with Crippen molar-refractivity contribution in [1.82, 2.24) is 9.78 Å². The van der Waals surface area contributed by atoms with Crippen LogP contribution in [0, 0.1) is 20.8 Å². The molecule has 1 aromatic heterocycles. The van der Waals surface area contributed by atoms with Gasteiger partial charge in [-0.15, -0.1) is 0 Å². The molecular formula is C24H25F3N2O3. The molecule has 1 heterocycles. The Bertz CT molecular complexity index is 1120. The molecule has 0 radical (unpaired) electrons. The van der Waals surface area contributed by atoms with Crippen LogP contribution in [0.5, 0.6) is 5.75 Å². The van der Waals surface area contributed by atoms with Crippen molar-refractivity contribution in [2.75, 3.05) is 0 Å². The minimum Gasteiger partial charge on any atom is -0.486 e. The third kappa shape index (κ3) is 5.12. The van der Waals surface area contributed by atoms with Crippen LogP contribution < -0.4 is 4.74 Å². The van der Waals surface area contributed by atoms with Crippen LogP contribution in [0.3, 0.4) is 0 Å². The lowest BCUT2D eigenvalue weighted by molar-refractivity contribution is -0.138. The molecule has 1 N–H and O–H groups in total. The quantitative estimate of drug-likeness (QED) is 0.485. The summed E-state index contributed by atoms with van der Waals surface area (Å²) in [7, 11) is 0. The van der Waals surface area contributed by atoms with Gasteiger partial charge in [-0.1, -0.05) is 6.07 Å². The monoisotopic (exact) mass is 446 g/mol. The van der Waals surface area contributed by atoms with Gasteiger partial charge in [-0.25, -0.2) is 4.68 Å². The number of rotatable bonds is 7. The highest BCUT2D eigenvalue weighted by Gasteiger charge is 2.30. The molecule has 0 aliphatic rings. The van der Waals surface area contributed by atoms with E-state index in [9.17, 15) is 18.0 Å². The first-order valence-corrected chi connectivity index (χ1v) is 10.2. The summed E-state index contributed by atoms with van der Waals surface area (Å²) in [4.78, 5) is 10.8. The highest BCUT2D eigenvalue weighted by molar-refractivity contribution is 5.67. The lowest BCUT2D eigenvalue weighted by Gasteiger charge is -2.17. The van der Waals surface area contributed by atoms with Crippen molar-refractivity contribution in [1.29, 1.82) is 0 Å². The molecule has 0 aliphatic carbocycles. The van der Waals surface area contributed by atoms with Crippen LogP contribution in [0.2, 0.25) is 0 Å². The Morgan fingerprint density at radius 2 is 1.78 bits per heavy atom. The summed E-state index contributed by atoms with van der Waals surface area (Å²) in [6, 6.07) is 10.4. The molecule has 0 saturated carbocycles. The molecule has 32 heavy (non-hydrogen) atoms. The highest BCUT2D eigenvalue weighted by Crippen LogP contribution is 2.32. The van der Waals surface area contributed by atoms with Crippen molar-refractivity contribution in [2.45, 2.75) is 52.8 Å². The fourth-order valence-electron chi connectivity index (χ4n) is 3.81. The fourth-order valence-corrected chi connectivity index (χ4v) is 3.81. The number of aryl methyl sites for hydroxylation is 3. The molecule has 0 amide bonds. The summed E-state index contributed by atoms with van der Waals surface area (Å²) in [5.41, 5.74) is 4.10. The third-order valence-corrected chi connectivity index (χ3v) is 5.43. The standard InChI is InChI=1S/C24H25F3N2O3/c1-14-13-21(11-5-18(14)6-12-22(30)31)32-17(4)23-15(2)28-29(16(23)3)20-9-7-19(8-10-20)24(25,26)27/h5,7-11,13,17H,6,12H2,1-4H3,(H,30,31). The SMILES string of the molecule is Cc1cc(OC(C)c2c(C)nn(-c3ccc(C(F)(F)F)cc3)c2C)ccc1CCC(=O)O. The Hall–Kier alpha value is -3.29. The number of ether oxygens (including phenoxy) is 1. The molecular weight excluding hydrogens is 421 g/mol. The van der Waals surface area contributed by atoms with Crippen LogP contribution in [0.4, 0.5) is 13.2 Å². The molecule has 2 aromatic carbocycles. The number of carboxylic acids is 1. The van der Waals surface area contributed by atoms with Crippen molar-refractivity contribution in [3.63, 3.8) is 0 Å². The highest BCUT2D eigenvalue weighted by atomic mass is 19.4. The predicted octanol–water partition coefficient (Wildman–Crippen LogP) is 5.97. The number of hydrogen-bond acceptors (Lipinski definition) is 3. The Balaban J connectivity index is 1.81. The van der Waals surface area contributed by atoms with Gasteiger partial charge < -0.3 is 9.84 Å². The summed E-state index contributed by atoms with van der Waals surface area (Å²) in [6.45, 7) is 7.49. The van der Waals surface area contributed by atoms with E-state index in [2.05, 4.69) is 5.10 Å². The molecule has 0 saturated heterocycles. The Labute approximate surface area is 184 Å². The van der Waals surface area contributed by atoms with Crippen molar-refractivity contribution in [2.24, 2.45) is 0 Å². The largest absolute Gasteiger partial charge is 0.486 e. The van der Waals surface area contributed by atoms with E-state index < -0.39 is 17.7 Å². The van der Waals surface area contributed by atoms with Gasteiger partial charge in [0, 0.05) is 17.7 Å². The number of aliphatic carboxylic acids is 1. The fraction of sp³-hybridized carbons (Fsp3) is 0.333. The van der Waals surface area contributed by atoms with Crippen LogP contribution in [0.1, 0.15) is 53.1 Å². The number of aromatic nitrogens is 2. The van der Waals surface area contributed by atoms with E-state index in [0.29, 0.717) is 17.9 Å². The summed E-state index contributed by atoms with van der Waals surface area (Å²) in [5.74, 6) is -0.190. The van der Waals surface area contributed by atoms with Gasteiger partial charge in [0.25, 0.3) is 0 Å². The second-order valence-electron chi connectivity index (χ2n) is 7.78. The van der Waals surface area contributed by atoms with Crippen LogP contribution in [-0.2, 0) is 17.4 Å². The molecule has 5 nitrogen and oxygen atoms in total. The molecule has 3 rings (SSSR count). The molecule has 170 valence electrons. The predicted molar refractivity (Wildman–Crippen MR) is 114 cm³/mol. The van der Waals surface area contributed by atoms with Crippen molar-refractivity contribution >= 4 is 5.97 Å². The van der Waals surface area contributed by atoms with Gasteiger partial charge in [-0.2, -0.15) is 18.3 Å². The number of halogens is 3.